The van der Waals surface area contributed by atoms with Crippen LogP contribution in [0.1, 0.15) is 63.0 Å². The van der Waals surface area contributed by atoms with Crippen LogP contribution in [-0.4, -0.2) is 12.7 Å². The number of rotatable bonds is 5. The third-order valence-corrected chi connectivity index (χ3v) is 4.11. The fourth-order valence-electron chi connectivity index (χ4n) is 2.75. The van der Waals surface area contributed by atoms with Gasteiger partial charge in [-0.3, -0.25) is 0 Å². The lowest BCUT2D eigenvalue weighted by Gasteiger charge is -2.29. The van der Waals surface area contributed by atoms with Crippen molar-refractivity contribution in [2.75, 3.05) is 6.61 Å². The molecule has 0 saturated carbocycles. The SMILES string of the molecule is CCCCC1CCC(c2ccc(CC)cc2)CO1. The topological polar surface area (TPSA) is 9.23 Å². The quantitative estimate of drug-likeness (QED) is 0.731. The number of unbranched alkanes of at least 4 members (excludes halogenated alkanes) is 1. The molecule has 2 unspecified atom stereocenters. The van der Waals surface area contributed by atoms with Crippen LogP contribution in [0.2, 0.25) is 0 Å². The molecular weight excluding hydrogens is 220 g/mol. The second-order valence-corrected chi connectivity index (χ2v) is 5.47. The largest absolute Gasteiger partial charge is 0.378 e. The Morgan fingerprint density at radius 3 is 2.44 bits per heavy atom. The van der Waals surface area contributed by atoms with E-state index in [-0.39, 0.29) is 0 Å². The molecule has 18 heavy (non-hydrogen) atoms. The Hall–Kier alpha value is -0.820. The minimum atomic E-state index is 0.524. The molecule has 0 radical (unpaired) electrons. The highest BCUT2D eigenvalue weighted by atomic mass is 16.5. The molecule has 1 saturated heterocycles. The van der Waals surface area contributed by atoms with E-state index in [2.05, 4.69) is 38.1 Å². The van der Waals surface area contributed by atoms with E-state index in [1.165, 1.54) is 43.2 Å². The monoisotopic (exact) mass is 246 g/mol. The predicted molar refractivity (Wildman–Crippen MR) is 77.1 cm³/mol. The highest BCUT2D eigenvalue weighted by Gasteiger charge is 2.22. The standard InChI is InChI=1S/C17H26O/c1-3-5-6-17-12-11-16(13-18-17)15-9-7-14(4-2)8-10-15/h7-10,16-17H,3-6,11-13H2,1-2H3. The lowest BCUT2D eigenvalue weighted by molar-refractivity contribution is -0.00189. The zero-order valence-electron chi connectivity index (χ0n) is 11.8. The van der Waals surface area contributed by atoms with Crippen LogP contribution in [0.25, 0.3) is 0 Å². The van der Waals surface area contributed by atoms with E-state index < -0.39 is 0 Å². The van der Waals surface area contributed by atoms with Crippen LogP contribution in [0.15, 0.2) is 24.3 Å². The smallest absolute Gasteiger partial charge is 0.0575 e. The molecule has 0 aromatic heterocycles. The average Bonchev–Trinajstić information content (AvgIpc) is 2.46. The van der Waals surface area contributed by atoms with E-state index in [9.17, 15) is 0 Å². The van der Waals surface area contributed by atoms with Crippen molar-refractivity contribution in [2.24, 2.45) is 0 Å². The zero-order chi connectivity index (χ0) is 12.8. The summed E-state index contributed by atoms with van der Waals surface area (Å²) in [4.78, 5) is 0. The van der Waals surface area contributed by atoms with E-state index in [1.807, 2.05) is 0 Å². The average molecular weight is 246 g/mol. The van der Waals surface area contributed by atoms with Crippen LogP contribution in [0.3, 0.4) is 0 Å². The number of ether oxygens (including phenoxy) is 1. The summed E-state index contributed by atoms with van der Waals surface area (Å²) in [6.07, 6.45) is 8.01. The molecule has 0 aliphatic carbocycles. The van der Waals surface area contributed by atoms with Gasteiger partial charge >= 0.3 is 0 Å². The van der Waals surface area contributed by atoms with Gasteiger partial charge in [0.05, 0.1) is 12.7 Å². The summed E-state index contributed by atoms with van der Waals surface area (Å²) in [7, 11) is 0. The van der Waals surface area contributed by atoms with Gasteiger partial charge in [-0.05, 0) is 36.8 Å². The summed E-state index contributed by atoms with van der Waals surface area (Å²) in [5.41, 5.74) is 2.89. The van der Waals surface area contributed by atoms with Crippen molar-refractivity contribution in [1.82, 2.24) is 0 Å². The Labute approximate surface area is 112 Å². The first-order chi connectivity index (χ1) is 8.83. The van der Waals surface area contributed by atoms with Crippen LogP contribution in [0.4, 0.5) is 0 Å². The van der Waals surface area contributed by atoms with Crippen LogP contribution >= 0.6 is 0 Å². The first-order valence-corrected chi connectivity index (χ1v) is 7.54. The van der Waals surface area contributed by atoms with Crippen molar-refractivity contribution >= 4 is 0 Å². The van der Waals surface area contributed by atoms with Gasteiger partial charge in [0.25, 0.3) is 0 Å². The van der Waals surface area contributed by atoms with Gasteiger partial charge in [-0.15, -0.1) is 0 Å². The second kappa shape index (κ2) is 6.94. The third kappa shape index (κ3) is 3.58. The fourth-order valence-corrected chi connectivity index (χ4v) is 2.75. The van der Waals surface area contributed by atoms with Gasteiger partial charge in [0.2, 0.25) is 0 Å². The Balaban J connectivity index is 1.84. The molecule has 1 aromatic carbocycles. The maximum Gasteiger partial charge on any atom is 0.0575 e. The Morgan fingerprint density at radius 1 is 1.11 bits per heavy atom. The summed E-state index contributed by atoms with van der Waals surface area (Å²) in [6, 6.07) is 9.11. The van der Waals surface area contributed by atoms with E-state index in [1.54, 1.807) is 0 Å². The van der Waals surface area contributed by atoms with Gasteiger partial charge in [0.15, 0.2) is 0 Å². The normalized spacial score (nSPS) is 24.1. The molecule has 2 atom stereocenters. The number of hydrogen-bond donors (Lipinski definition) is 0. The molecular formula is C17H26O. The minimum absolute atomic E-state index is 0.524. The molecule has 0 amide bonds. The third-order valence-electron chi connectivity index (χ3n) is 4.11. The number of hydrogen-bond acceptors (Lipinski definition) is 1. The Bertz CT molecular complexity index is 333. The van der Waals surface area contributed by atoms with Gasteiger partial charge in [0.1, 0.15) is 0 Å². The van der Waals surface area contributed by atoms with Crippen LogP contribution in [-0.2, 0) is 11.2 Å². The van der Waals surface area contributed by atoms with E-state index in [0.717, 1.165) is 13.0 Å². The van der Waals surface area contributed by atoms with Crippen molar-refractivity contribution in [3.63, 3.8) is 0 Å². The fraction of sp³-hybridized carbons (Fsp3) is 0.647. The number of benzene rings is 1. The van der Waals surface area contributed by atoms with Gasteiger partial charge in [-0.2, -0.15) is 0 Å². The molecule has 100 valence electrons. The van der Waals surface area contributed by atoms with Gasteiger partial charge in [-0.25, -0.2) is 0 Å². The minimum Gasteiger partial charge on any atom is -0.378 e. The molecule has 1 aromatic rings. The lowest BCUT2D eigenvalue weighted by Crippen LogP contribution is -2.24. The van der Waals surface area contributed by atoms with Crippen molar-refractivity contribution in [3.05, 3.63) is 35.4 Å². The lowest BCUT2D eigenvalue weighted by atomic mass is 9.89. The molecule has 1 heterocycles. The number of aryl methyl sites for hydroxylation is 1. The molecule has 1 aliphatic rings. The predicted octanol–water partition coefficient (Wildman–Crippen LogP) is 4.70. The molecule has 1 aliphatic heterocycles. The first kappa shape index (κ1) is 13.6. The molecule has 1 nitrogen and oxygen atoms in total. The van der Waals surface area contributed by atoms with Crippen molar-refractivity contribution in [1.29, 1.82) is 0 Å². The van der Waals surface area contributed by atoms with Crippen LogP contribution in [0, 0.1) is 0 Å². The van der Waals surface area contributed by atoms with Crippen LogP contribution < -0.4 is 0 Å². The summed E-state index contributed by atoms with van der Waals surface area (Å²) < 4.78 is 6.00. The maximum absolute atomic E-state index is 6.00. The maximum atomic E-state index is 6.00. The highest BCUT2D eigenvalue weighted by Crippen LogP contribution is 2.30. The van der Waals surface area contributed by atoms with Crippen molar-refractivity contribution in [2.45, 2.75) is 64.4 Å². The van der Waals surface area contributed by atoms with E-state index in [0.29, 0.717) is 12.0 Å². The molecule has 0 N–H and O–H groups in total. The van der Waals surface area contributed by atoms with Gasteiger partial charge < -0.3 is 4.74 Å². The highest BCUT2D eigenvalue weighted by molar-refractivity contribution is 5.25. The summed E-state index contributed by atoms with van der Waals surface area (Å²) in [6.45, 7) is 5.37. The summed E-state index contributed by atoms with van der Waals surface area (Å²) in [5, 5.41) is 0. The molecule has 0 bridgehead atoms. The van der Waals surface area contributed by atoms with Crippen LogP contribution in [0.5, 0.6) is 0 Å². The van der Waals surface area contributed by atoms with Crippen molar-refractivity contribution in [3.8, 4) is 0 Å². The molecule has 2 rings (SSSR count). The van der Waals surface area contributed by atoms with Crippen molar-refractivity contribution < 1.29 is 4.74 Å². The molecule has 1 heteroatoms. The molecule has 0 spiro atoms. The second-order valence-electron chi connectivity index (χ2n) is 5.47. The Kier molecular flexibility index (Phi) is 5.25. The zero-order valence-corrected chi connectivity index (χ0v) is 11.8. The van der Waals surface area contributed by atoms with Gasteiger partial charge in [-0.1, -0.05) is 51.0 Å². The van der Waals surface area contributed by atoms with Gasteiger partial charge in [0, 0.05) is 5.92 Å². The van der Waals surface area contributed by atoms with E-state index in [4.69, 9.17) is 4.74 Å². The Morgan fingerprint density at radius 2 is 1.89 bits per heavy atom. The molecule has 1 fully saturated rings. The first-order valence-electron chi connectivity index (χ1n) is 7.54. The summed E-state index contributed by atoms with van der Waals surface area (Å²) in [5.74, 6) is 0.619. The summed E-state index contributed by atoms with van der Waals surface area (Å²) >= 11 is 0. The van der Waals surface area contributed by atoms with E-state index >= 15 is 0 Å².